The molecule has 0 N–H and O–H groups in total. The molecule has 0 aromatic carbocycles. The Morgan fingerprint density at radius 2 is 2.25 bits per heavy atom. The van der Waals surface area contributed by atoms with E-state index >= 15 is 0 Å². The van der Waals surface area contributed by atoms with E-state index in [0.717, 1.165) is 0 Å². The summed E-state index contributed by atoms with van der Waals surface area (Å²) < 4.78 is 18.2. The minimum absolute atomic E-state index is 0.0713. The highest BCUT2D eigenvalue weighted by Gasteiger charge is 2.09. The summed E-state index contributed by atoms with van der Waals surface area (Å²) in [6.45, 7) is 3.63. The van der Waals surface area contributed by atoms with Crippen molar-refractivity contribution in [3.05, 3.63) is 23.2 Å². The number of hydrogen-bond donors (Lipinski definition) is 0. The van der Waals surface area contributed by atoms with Crippen molar-refractivity contribution in [3.63, 3.8) is 0 Å². The van der Waals surface area contributed by atoms with Crippen LogP contribution in [0.4, 0.5) is 4.39 Å². The van der Waals surface area contributed by atoms with Crippen molar-refractivity contribution in [1.29, 1.82) is 0 Å². The van der Waals surface area contributed by atoms with Gasteiger partial charge in [0.15, 0.2) is 10.9 Å². The molecule has 0 saturated heterocycles. The van der Waals surface area contributed by atoms with Gasteiger partial charge in [0.1, 0.15) is 0 Å². The Labute approximate surface area is 75.3 Å². The van der Waals surface area contributed by atoms with Gasteiger partial charge >= 0.3 is 0 Å². The van der Waals surface area contributed by atoms with Crippen LogP contribution in [0.1, 0.15) is 13.8 Å². The Morgan fingerprint density at radius 3 is 2.83 bits per heavy atom. The van der Waals surface area contributed by atoms with Crippen LogP contribution in [-0.2, 0) is 0 Å². The fourth-order valence-corrected chi connectivity index (χ4v) is 0.896. The maximum Gasteiger partial charge on any atom is 0.202 e. The summed E-state index contributed by atoms with van der Waals surface area (Å²) in [7, 11) is 0. The minimum atomic E-state index is -0.604. The summed E-state index contributed by atoms with van der Waals surface area (Å²) in [5.74, 6) is -0.460. The molecule has 0 saturated carbocycles. The second kappa shape index (κ2) is 3.72. The van der Waals surface area contributed by atoms with Gasteiger partial charge in [-0.2, -0.15) is 4.39 Å². The monoisotopic (exact) mass is 189 g/mol. The normalized spacial score (nSPS) is 10.4. The van der Waals surface area contributed by atoms with E-state index in [9.17, 15) is 4.39 Å². The number of pyridine rings is 1. The molecule has 0 bridgehead atoms. The lowest BCUT2D eigenvalue weighted by atomic mass is 10.4. The Hall–Kier alpha value is -0.830. The Balaban J connectivity index is 2.92. The molecule has 0 atom stereocenters. The van der Waals surface area contributed by atoms with Crippen LogP contribution in [0, 0.1) is 5.82 Å². The van der Waals surface area contributed by atoms with Gasteiger partial charge < -0.3 is 4.74 Å². The van der Waals surface area contributed by atoms with E-state index in [-0.39, 0.29) is 17.0 Å². The largest absolute Gasteiger partial charge is 0.488 e. The van der Waals surface area contributed by atoms with E-state index in [0.29, 0.717) is 0 Å². The van der Waals surface area contributed by atoms with Crippen LogP contribution in [0.5, 0.6) is 5.75 Å². The highest BCUT2D eigenvalue weighted by molar-refractivity contribution is 6.29. The molecule has 0 aliphatic rings. The maximum atomic E-state index is 13.0. The minimum Gasteiger partial charge on any atom is -0.488 e. The Kier molecular flexibility index (Phi) is 2.87. The smallest absolute Gasteiger partial charge is 0.202 e. The highest BCUT2D eigenvalue weighted by atomic mass is 35.5. The zero-order chi connectivity index (χ0) is 9.14. The van der Waals surface area contributed by atoms with E-state index < -0.39 is 5.82 Å². The van der Waals surface area contributed by atoms with Gasteiger partial charge in [-0.25, -0.2) is 4.98 Å². The number of nitrogens with zero attached hydrogens (tertiary/aromatic N) is 1. The molecule has 1 rings (SSSR count). The summed E-state index contributed by atoms with van der Waals surface area (Å²) in [6, 6.07) is 1.45. The second-order valence-electron chi connectivity index (χ2n) is 2.58. The van der Waals surface area contributed by atoms with Gasteiger partial charge in [0.25, 0.3) is 0 Å². The van der Waals surface area contributed by atoms with Crippen molar-refractivity contribution in [1.82, 2.24) is 4.98 Å². The summed E-state index contributed by atoms with van der Waals surface area (Å²) in [6.07, 6.45) is 1.33. The van der Waals surface area contributed by atoms with Gasteiger partial charge in [-0.3, -0.25) is 0 Å². The van der Waals surface area contributed by atoms with Gasteiger partial charge in [-0.15, -0.1) is 0 Å². The molecule has 66 valence electrons. The molecule has 0 unspecified atom stereocenters. The number of halogens is 2. The van der Waals surface area contributed by atoms with Crippen LogP contribution >= 0.6 is 11.6 Å². The van der Waals surface area contributed by atoms with E-state index in [1.165, 1.54) is 12.3 Å². The number of rotatable bonds is 2. The van der Waals surface area contributed by atoms with E-state index in [4.69, 9.17) is 16.3 Å². The molecule has 12 heavy (non-hydrogen) atoms. The predicted molar refractivity (Wildman–Crippen MR) is 45.0 cm³/mol. The fourth-order valence-electron chi connectivity index (χ4n) is 0.747. The van der Waals surface area contributed by atoms with Crippen molar-refractivity contribution < 1.29 is 9.13 Å². The van der Waals surface area contributed by atoms with Gasteiger partial charge in [0.2, 0.25) is 5.82 Å². The fraction of sp³-hybridized carbons (Fsp3) is 0.375. The first-order chi connectivity index (χ1) is 5.61. The average molecular weight is 190 g/mol. The lowest BCUT2D eigenvalue weighted by Gasteiger charge is -2.09. The predicted octanol–water partition coefficient (Wildman–Crippen LogP) is 2.66. The molecular weight excluding hydrogens is 181 g/mol. The Bertz CT molecular complexity index is 278. The van der Waals surface area contributed by atoms with E-state index in [2.05, 4.69) is 4.98 Å². The molecule has 0 fully saturated rings. The quantitative estimate of drug-likeness (QED) is 0.668. The van der Waals surface area contributed by atoms with E-state index in [1.807, 2.05) is 13.8 Å². The molecule has 0 amide bonds. The van der Waals surface area contributed by atoms with Crippen molar-refractivity contribution in [2.75, 3.05) is 0 Å². The molecule has 2 nitrogen and oxygen atoms in total. The zero-order valence-electron chi connectivity index (χ0n) is 6.84. The second-order valence-corrected chi connectivity index (χ2v) is 2.94. The lowest BCUT2D eigenvalue weighted by Crippen LogP contribution is -2.07. The molecular formula is C8H9ClFNO. The van der Waals surface area contributed by atoms with Crippen molar-refractivity contribution in [2.45, 2.75) is 20.0 Å². The third-order valence-electron chi connectivity index (χ3n) is 1.17. The molecule has 0 radical (unpaired) electrons. The topological polar surface area (TPSA) is 22.1 Å². The van der Waals surface area contributed by atoms with Gasteiger partial charge in [0.05, 0.1) is 6.10 Å². The van der Waals surface area contributed by atoms with Crippen molar-refractivity contribution in [3.8, 4) is 5.75 Å². The van der Waals surface area contributed by atoms with Crippen molar-refractivity contribution in [2.24, 2.45) is 0 Å². The van der Waals surface area contributed by atoms with Crippen molar-refractivity contribution >= 4 is 11.6 Å². The summed E-state index contributed by atoms with van der Waals surface area (Å²) >= 11 is 5.43. The SMILES string of the molecule is CC(C)Oc1ccnc(Cl)c1F. The molecule has 4 heteroatoms. The van der Waals surface area contributed by atoms with E-state index in [1.54, 1.807) is 0 Å². The standard InChI is InChI=1S/C8H9ClFNO/c1-5(2)12-6-3-4-11-8(9)7(6)10/h3-5H,1-2H3. The van der Waals surface area contributed by atoms with Gasteiger partial charge in [-0.1, -0.05) is 11.6 Å². The first-order valence-electron chi connectivity index (χ1n) is 3.58. The number of ether oxygens (including phenoxy) is 1. The lowest BCUT2D eigenvalue weighted by molar-refractivity contribution is 0.231. The molecule has 1 heterocycles. The third kappa shape index (κ3) is 2.08. The van der Waals surface area contributed by atoms with Crippen LogP contribution in [0.3, 0.4) is 0 Å². The molecule has 0 spiro atoms. The van der Waals surface area contributed by atoms with Crippen LogP contribution in [0.25, 0.3) is 0 Å². The van der Waals surface area contributed by atoms with Crippen LogP contribution in [0.2, 0.25) is 5.15 Å². The van der Waals surface area contributed by atoms with Crippen LogP contribution in [0.15, 0.2) is 12.3 Å². The van der Waals surface area contributed by atoms with Gasteiger partial charge in [0, 0.05) is 12.3 Å². The molecule has 1 aromatic rings. The first-order valence-corrected chi connectivity index (χ1v) is 3.95. The van der Waals surface area contributed by atoms with Crippen LogP contribution in [-0.4, -0.2) is 11.1 Å². The molecule has 0 aliphatic heterocycles. The third-order valence-corrected chi connectivity index (χ3v) is 1.44. The zero-order valence-corrected chi connectivity index (χ0v) is 7.60. The molecule has 1 aromatic heterocycles. The number of aromatic nitrogens is 1. The first kappa shape index (κ1) is 9.26. The summed E-state index contributed by atoms with van der Waals surface area (Å²) in [5, 5.41) is -0.159. The van der Waals surface area contributed by atoms with Gasteiger partial charge in [-0.05, 0) is 13.8 Å². The summed E-state index contributed by atoms with van der Waals surface area (Å²) in [4.78, 5) is 3.56. The maximum absolute atomic E-state index is 13.0. The summed E-state index contributed by atoms with van der Waals surface area (Å²) in [5.41, 5.74) is 0. The Morgan fingerprint density at radius 1 is 1.58 bits per heavy atom. The average Bonchev–Trinajstić information content (AvgIpc) is 1.98. The molecule has 0 aliphatic carbocycles. The van der Waals surface area contributed by atoms with Crippen LogP contribution < -0.4 is 4.74 Å². The number of hydrogen-bond acceptors (Lipinski definition) is 2. The highest BCUT2D eigenvalue weighted by Crippen LogP contribution is 2.22.